The fourth-order valence-electron chi connectivity index (χ4n) is 3.15. The van der Waals surface area contributed by atoms with Gasteiger partial charge in [-0.2, -0.15) is 0 Å². The predicted molar refractivity (Wildman–Crippen MR) is 123 cm³/mol. The average molecular weight is 475 g/mol. The zero-order chi connectivity index (χ0) is 22.1. The summed E-state index contributed by atoms with van der Waals surface area (Å²) in [6.45, 7) is 5.72. The quantitative estimate of drug-likeness (QED) is 0.411. The standard InChI is InChI=1S/C22H27BrN4O3/c1-3-9-27(10-4-2)21(28)16-12-18-15(7-5-6-8-25-22(29)30)11-17(23)14-19(18)26-20(24)13-16/h11-12,14,25H,3-4,6,8-10,13H2,1-2H3,(H2,24,26)(H,29,30). The van der Waals surface area contributed by atoms with Gasteiger partial charge in [0.25, 0.3) is 0 Å². The van der Waals surface area contributed by atoms with Crippen LogP contribution in [0.3, 0.4) is 0 Å². The molecule has 0 fully saturated rings. The molecule has 2 rings (SSSR count). The summed E-state index contributed by atoms with van der Waals surface area (Å²) >= 11 is 3.47. The highest BCUT2D eigenvalue weighted by molar-refractivity contribution is 9.10. The minimum absolute atomic E-state index is 0.0304. The molecule has 0 unspecified atom stereocenters. The first kappa shape index (κ1) is 23.5. The number of carbonyl (C=O) groups excluding carboxylic acids is 1. The molecule has 1 aromatic rings. The van der Waals surface area contributed by atoms with E-state index in [0.29, 0.717) is 42.2 Å². The van der Waals surface area contributed by atoms with Gasteiger partial charge in [0.05, 0.1) is 5.69 Å². The number of nitrogens with zero attached hydrogens (tertiary/aromatic N) is 2. The lowest BCUT2D eigenvalue weighted by molar-refractivity contribution is -0.127. The van der Waals surface area contributed by atoms with Crippen molar-refractivity contribution in [2.45, 2.75) is 39.5 Å². The van der Waals surface area contributed by atoms with E-state index in [0.717, 1.165) is 22.9 Å². The number of carboxylic acid groups (broad SMARTS) is 1. The molecule has 1 heterocycles. The summed E-state index contributed by atoms with van der Waals surface area (Å²) in [6.07, 6.45) is 3.18. The fraction of sp³-hybridized carbons (Fsp3) is 0.409. The van der Waals surface area contributed by atoms with Crippen molar-refractivity contribution in [3.63, 3.8) is 0 Å². The van der Waals surface area contributed by atoms with Crippen LogP contribution in [-0.4, -0.2) is 47.5 Å². The van der Waals surface area contributed by atoms with Gasteiger partial charge >= 0.3 is 6.09 Å². The lowest BCUT2D eigenvalue weighted by Crippen LogP contribution is -2.34. The summed E-state index contributed by atoms with van der Waals surface area (Å²) in [5.74, 6) is 6.40. The highest BCUT2D eigenvalue weighted by atomic mass is 79.9. The molecular formula is C22H27BrN4O3. The number of fused-ring (bicyclic) bond motifs is 1. The van der Waals surface area contributed by atoms with Crippen molar-refractivity contribution in [2.24, 2.45) is 10.7 Å². The van der Waals surface area contributed by atoms with E-state index in [2.05, 4.69) is 38.1 Å². The largest absolute Gasteiger partial charge is 0.465 e. The number of hydrogen-bond acceptors (Lipinski definition) is 4. The summed E-state index contributed by atoms with van der Waals surface area (Å²) in [6, 6.07) is 3.71. The second kappa shape index (κ2) is 11.4. The van der Waals surface area contributed by atoms with E-state index in [1.807, 2.05) is 37.0 Å². The van der Waals surface area contributed by atoms with Crippen molar-refractivity contribution in [1.29, 1.82) is 0 Å². The van der Waals surface area contributed by atoms with Crippen molar-refractivity contribution < 1.29 is 14.7 Å². The molecule has 0 spiro atoms. The van der Waals surface area contributed by atoms with Crippen molar-refractivity contribution >= 4 is 45.5 Å². The molecule has 1 aliphatic heterocycles. The summed E-state index contributed by atoms with van der Waals surface area (Å²) in [4.78, 5) is 30.1. The van der Waals surface area contributed by atoms with Crippen molar-refractivity contribution in [1.82, 2.24) is 10.2 Å². The van der Waals surface area contributed by atoms with Gasteiger partial charge in [-0.15, -0.1) is 0 Å². The SMILES string of the molecule is CCCN(CCC)C(=O)C1=Cc2c(C#CCCNC(=O)O)cc(Br)cc2N=C(N)C1. The monoisotopic (exact) mass is 474 g/mol. The minimum atomic E-state index is -1.08. The normalized spacial score (nSPS) is 12.5. The van der Waals surface area contributed by atoms with Crippen LogP contribution in [0.4, 0.5) is 10.5 Å². The molecule has 0 atom stereocenters. The van der Waals surface area contributed by atoms with Crippen LogP contribution in [0.25, 0.3) is 6.08 Å². The van der Waals surface area contributed by atoms with Gasteiger partial charge < -0.3 is 21.1 Å². The molecule has 0 saturated carbocycles. The molecule has 4 N–H and O–H groups in total. The average Bonchev–Trinajstić information content (AvgIpc) is 2.84. The summed E-state index contributed by atoms with van der Waals surface area (Å²) in [5.41, 5.74) is 8.81. The Bertz CT molecular complexity index is 922. The van der Waals surface area contributed by atoms with E-state index >= 15 is 0 Å². The lowest BCUT2D eigenvalue weighted by Gasteiger charge is -2.22. The molecule has 0 bridgehead atoms. The zero-order valence-corrected chi connectivity index (χ0v) is 18.9. The number of rotatable bonds is 7. The number of nitrogens with two attached hydrogens (primary N) is 1. The Morgan fingerprint density at radius 2 is 2.00 bits per heavy atom. The van der Waals surface area contributed by atoms with Crippen LogP contribution >= 0.6 is 15.9 Å². The first-order valence-electron chi connectivity index (χ1n) is 9.97. The third kappa shape index (κ3) is 6.63. The Morgan fingerprint density at radius 1 is 1.30 bits per heavy atom. The minimum Gasteiger partial charge on any atom is -0.465 e. The highest BCUT2D eigenvalue weighted by Gasteiger charge is 2.22. The van der Waals surface area contributed by atoms with Crippen LogP contribution in [0, 0.1) is 11.8 Å². The smallest absolute Gasteiger partial charge is 0.404 e. The highest BCUT2D eigenvalue weighted by Crippen LogP contribution is 2.33. The van der Waals surface area contributed by atoms with E-state index in [1.54, 1.807) is 0 Å². The van der Waals surface area contributed by atoms with Crippen LogP contribution in [0.2, 0.25) is 0 Å². The summed E-state index contributed by atoms with van der Waals surface area (Å²) in [5, 5.41) is 10.9. The lowest BCUT2D eigenvalue weighted by atomic mass is 10.0. The van der Waals surface area contributed by atoms with E-state index in [-0.39, 0.29) is 18.9 Å². The molecule has 0 radical (unpaired) electrons. The molecule has 0 saturated heterocycles. The number of hydrogen-bond donors (Lipinski definition) is 3. The van der Waals surface area contributed by atoms with Gasteiger partial charge in [-0.1, -0.05) is 41.6 Å². The molecule has 7 nitrogen and oxygen atoms in total. The third-order valence-electron chi connectivity index (χ3n) is 4.38. The van der Waals surface area contributed by atoms with Crippen molar-refractivity contribution in [3.05, 3.63) is 33.3 Å². The topological polar surface area (TPSA) is 108 Å². The number of nitrogens with one attached hydrogen (secondary N) is 1. The Hall–Kier alpha value is -2.79. The van der Waals surface area contributed by atoms with Crippen LogP contribution in [0.15, 0.2) is 27.2 Å². The first-order chi connectivity index (χ1) is 14.3. The van der Waals surface area contributed by atoms with Crippen molar-refractivity contribution in [2.75, 3.05) is 19.6 Å². The van der Waals surface area contributed by atoms with E-state index in [1.165, 1.54) is 0 Å². The fourth-order valence-corrected chi connectivity index (χ4v) is 3.60. The molecular weight excluding hydrogens is 448 g/mol. The summed E-state index contributed by atoms with van der Waals surface area (Å²) < 4.78 is 0.799. The first-order valence-corrected chi connectivity index (χ1v) is 10.8. The number of amidine groups is 1. The Kier molecular flexibility index (Phi) is 8.93. The molecule has 1 aromatic carbocycles. The maximum absolute atomic E-state index is 13.2. The van der Waals surface area contributed by atoms with Gasteiger partial charge in [0.15, 0.2) is 0 Å². The molecule has 160 valence electrons. The molecule has 0 aliphatic carbocycles. The van der Waals surface area contributed by atoms with Crippen LogP contribution in [-0.2, 0) is 4.79 Å². The molecule has 30 heavy (non-hydrogen) atoms. The van der Waals surface area contributed by atoms with E-state index in [9.17, 15) is 9.59 Å². The Morgan fingerprint density at radius 3 is 2.63 bits per heavy atom. The maximum atomic E-state index is 13.2. The number of benzene rings is 1. The zero-order valence-electron chi connectivity index (χ0n) is 17.3. The molecule has 0 aromatic heterocycles. The number of amides is 2. The van der Waals surface area contributed by atoms with Gasteiger partial charge in [0.2, 0.25) is 5.91 Å². The molecule has 8 heteroatoms. The number of halogens is 1. The Labute approximate surface area is 185 Å². The summed E-state index contributed by atoms with van der Waals surface area (Å²) in [7, 11) is 0. The van der Waals surface area contributed by atoms with Crippen LogP contribution in [0.5, 0.6) is 0 Å². The molecule has 2 amide bonds. The molecule has 1 aliphatic rings. The van der Waals surface area contributed by atoms with E-state index < -0.39 is 6.09 Å². The van der Waals surface area contributed by atoms with Crippen LogP contribution < -0.4 is 11.1 Å². The second-order valence-corrected chi connectivity index (χ2v) is 7.83. The van der Waals surface area contributed by atoms with Gasteiger partial charge in [-0.3, -0.25) is 4.79 Å². The number of carbonyl (C=O) groups is 2. The van der Waals surface area contributed by atoms with Gasteiger partial charge in [0, 0.05) is 53.6 Å². The van der Waals surface area contributed by atoms with Gasteiger partial charge in [-0.05, 0) is 31.1 Å². The van der Waals surface area contributed by atoms with Crippen LogP contribution in [0.1, 0.15) is 50.7 Å². The van der Waals surface area contributed by atoms with Gasteiger partial charge in [-0.25, -0.2) is 9.79 Å². The van der Waals surface area contributed by atoms with E-state index in [4.69, 9.17) is 10.8 Å². The third-order valence-corrected chi connectivity index (χ3v) is 4.83. The van der Waals surface area contributed by atoms with Crippen molar-refractivity contribution in [3.8, 4) is 11.8 Å². The maximum Gasteiger partial charge on any atom is 0.404 e. The van der Waals surface area contributed by atoms with Gasteiger partial charge in [0.1, 0.15) is 5.84 Å². The Balaban J connectivity index is 2.43. The number of aliphatic imine (C=N–C) groups is 1. The second-order valence-electron chi connectivity index (χ2n) is 6.91. The predicted octanol–water partition coefficient (Wildman–Crippen LogP) is 3.88.